The minimum absolute atomic E-state index is 0.0299. The van der Waals surface area contributed by atoms with Gasteiger partial charge < -0.3 is 15.0 Å². The molecule has 23 heavy (non-hydrogen) atoms. The molecular formula is C18H26N2O3. The lowest BCUT2D eigenvalue weighted by Crippen LogP contribution is -2.46. The minimum atomic E-state index is -0.519. The van der Waals surface area contributed by atoms with E-state index in [4.69, 9.17) is 4.74 Å². The summed E-state index contributed by atoms with van der Waals surface area (Å²) >= 11 is 0. The molecule has 1 heterocycles. The van der Waals surface area contributed by atoms with Crippen LogP contribution >= 0.6 is 0 Å². The molecule has 5 nitrogen and oxygen atoms in total. The summed E-state index contributed by atoms with van der Waals surface area (Å²) in [6.07, 6.45) is -0.519. The Labute approximate surface area is 138 Å². The number of ether oxygens (including phenoxy) is 1. The van der Waals surface area contributed by atoms with Crippen molar-refractivity contribution in [3.05, 3.63) is 18.2 Å². The lowest BCUT2D eigenvalue weighted by Gasteiger charge is -2.34. The molecule has 1 unspecified atom stereocenters. The maximum atomic E-state index is 12.3. The van der Waals surface area contributed by atoms with E-state index in [-0.39, 0.29) is 11.8 Å². The Kier molecular flexibility index (Phi) is 4.68. The van der Waals surface area contributed by atoms with Gasteiger partial charge in [0, 0.05) is 23.7 Å². The molecule has 2 amide bonds. The topological polar surface area (TPSA) is 58.6 Å². The van der Waals surface area contributed by atoms with Gasteiger partial charge in [0.1, 0.15) is 5.75 Å². The van der Waals surface area contributed by atoms with Crippen LogP contribution in [0.15, 0.2) is 18.2 Å². The zero-order chi connectivity index (χ0) is 17.4. The molecule has 0 saturated heterocycles. The SMILES string of the molecule is CC(C)CN1C(=O)C(C)Oc2cc(NC(=O)C(C)(C)C)ccc21. The fourth-order valence-corrected chi connectivity index (χ4v) is 2.36. The van der Waals surface area contributed by atoms with E-state index in [1.807, 2.05) is 32.9 Å². The van der Waals surface area contributed by atoms with Crippen LogP contribution in [0.1, 0.15) is 41.5 Å². The molecular weight excluding hydrogens is 292 g/mol. The fraction of sp³-hybridized carbons (Fsp3) is 0.556. The second kappa shape index (κ2) is 6.22. The van der Waals surface area contributed by atoms with Gasteiger partial charge >= 0.3 is 0 Å². The molecule has 1 atom stereocenters. The summed E-state index contributed by atoms with van der Waals surface area (Å²) < 4.78 is 5.72. The molecule has 0 radical (unpaired) electrons. The number of amides is 2. The zero-order valence-electron chi connectivity index (χ0n) is 14.8. The second-order valence-electron chi connectivity index (χ2n) is 7.49. The van der Waals surface area contributed by atoms with Crippen LogP contribution in [0.5, 0.6) is 5.75 Å². The van der Waals surface area contributed by atoms with Crippen molar-refractivity contribution in [3.63, 3.8) is 0 Å². The van der Waals surface area contributed by atoms with Gasteiger partial charge in [-0.15, -0.1) is 0 Å². The number of rotatable bonds is 3. The monoisotopic (exact) mass is 318 g/mol. The van der Waals surface area contributed by atoms with Crippen LogP contribution in [0, 0.1) is 11.3 Å². The van der Waals surface area contributed by atoms with Crippen molar-refractivity contribution in [2.45, 2.75) is 47.6 Å². The number of benzene rings is 1. The summed E-state index contributed by atoms with van der Waals surface area (Å²) in [4.78, 5) is 26.2. The Bertz CT molecular complexity index is 617. The normalized spacial score (nSPS) is 17.8. The minimum Gasteiger partial charge on any atom is -0.479 e. The Morgan fingerprint density at radius 1 is 1.35 bits per heavy atom. The maximum absolute atomic E-state index is 12.3. The lowest BCUT2D eigenvalue weighted by molar-refractivity contribution is -0.125. The van der Waals surface area contributed by atoms with E-state index in [1.165, 1.54) is 0 Å². The predicted octanol–water partition coefficient (Wildman–Crippen LogP) is 3.44. The van der Waals surface area contributed by atoms with E-state index in [9.17, 15) is 9.59 Å². The van der Waals surface area contributed by atoms with Crippen LogP contribution in [-0.2, 0) is 9.59 Å². The number of carbonyl (C=O) groups is 2. The van der Waals surface area contributed by atoms with E-state index in [2.05, 4.69) is 19.2 Å². The molecule has 5 heteroatoms. The van der Waals surface area contributed by atoms with Gasteiger partial charge in [0.05, 0.1) is 5.69 Å². The largest absolute Gasteiger partial charge is 0.479 e. The molecule has 0 fully saturated rings. The summed E-state index contributed by atoms with van der Waals surface area (Å²) in [6.45, 7) is 12.1. The van der Waals surface area contributed by atoms with Gasteiger partial charge in [-0.05, 0) is 25.0 Å². The van der Waals surface area contributed by atoms with E-state index in [0.717, 1.165) is 5.69 Å². The molecule has 1 aromatic carbocycles. The van der Waals surface area contributed by atoms with Gasteiger partial charge in [-0.1, -0.05) is 34.6 Å². The Balaban J connectivity index is 2.30. The van der Waals surface area contributed by atoms with Crippen molar-refractivity contribution >= 4 is 23.2 Å². The highest BCUT2D eigenvalue weighted by Gasteiger charge is 2.32. The Morgan fingerprint density at radius 2 is 2.00 bits per heavy atom. The molecule has 0 aromatic heterocycles. The number of nitrogens with one attached hydrogen (secondary N) is 1. The average Bonchev–Trinajstić information content (AvgIpc) is 2.42. The Hall–Kier alpha value is -2.04. The van der Waals surface area contributed by atoms with Gasteiger partial charge in [-0.3, -0.25) is 9.59 Å². The maximum Gasteiger partial charge on any atom is 0.267 e. The molecule has 0 bridgehead atoms. The molecule has 1 aliphatic heterocycles. The van der Waals surface area contributed by atoms with E-state index in [0.29, 0.717) is 23.9 Å². The number of carbonyl (C=O) groups excluding carboxylic acids is 2. The summed E-state index contributed by atoms with van der Waals surface area (Å²) in [5, 5.41) is 2.89. The first kappa shape index (κ1) is 17.3. The highest BCUT2D eigenvalue weighted by Crippen LogP contribution is 2.37. The quantitative estimate of drug-likeness (QED) is 0.928. The summed E-state index contributed by atoms with van der Waals surface area (Å²) in [6, 6.07) is 5.43. The van der Waals surface area contributed by atoms with Gasteiger partial charge in [0.15, 0.2) is 6.10 Å². The van der Waals surface area contributed by atoms with Crippen molar-refractivity contribution in [3.8, 4) is 5.75 Å². The van der Waals surface area contributed by atoms with Gasteiger partial charge in [-0.2, -0.15) is 0 Å². The first-order chi connectivity index (χ1) is 10.6. The molecule has 126 valence electrons. The zero-order valence-corrected chi connectivity index (χ0v) is 14.8. The highest BCUT2D eigenvalue weighted by molar-refractivity contribution is 6.01. The number of hydrogen-bond acceptors (Lipinski definition) is 3. The van der Waals surface area contributed by atoms with E-state index in [1.54, 1.807) is 17.9 Å². The van der Waals surface area contributed by atoms with E-state index < -0.39 is 11.5 Å². The molecule has 0 aliphatic carbocycles. The fourth-order valence-electron chi connectivity index (χ4n) is 2.36. The number of nitrogens with zero attached hydrogens (tertiary/aromatic N) is 1. The first-order valence-corrected chi connectivity index (χ1v) is 8.03. The molecule has 1 aliphatic rings. The average molecular weight is 318 g/mol. The summed E-state index contributed by atoms with van der Waals surface area (Å²) in [5.74, 6) is 0.899. The van der Waals surface area contributed by atoms with Crippen molar-refractivity contribution in [2.75, 3.05) is 16.8 Å². The van der Waals surface area contributed by atoms with Crippen LogP contribution < -0.4 is 15.0 Å². The van der Waals surface area contributed by atoms with Crippen LogP contribution in [0.3, 0.4) is 0 Å². The smallest absolute Gasteiger partial charge is 0.267 e. The van der Waals surface area contributed by atoms with E-state index >= 15 is 0 Å². The van der Waals surface area contributed by atoms with Crippen LogP contribution in [0.2, 0.25) is 0 Å². The third-order valence-electron chi connectivity index (χ3n) is 3.65. The molecule has 0 saturated carbocycles. The number of fused-ring (bicyclic) bond motifs is 1. The summed E-state index contributed by atoms with van der Waals surface area (Å²) in [7, 11) is 0. The molecule has 1 N–H and O–H groups in total. The third-order valence-corrected chi connectivity index (χ3v) is 3.65. The van der Waals surface area contributed by atoms with Crippen LogP contribution in [0.4, 0.5) is 11.4 Å². The van der Waals surface area contributed by atoms with Crippen LogP contribution in [0.25, 0.3) is 0 Å². The van der Waals surface area contributed by atoms with Crippen molar-refractivity contribution in [1.82, 2.24) is 0 Å². The first-order valence-electron chi connectivity index (χ1n) is 8.03. The second-order valence-corrected chi connectivity index (χ2v) is 7.49. The van der Waals surface area contributed by atoms with Gasteiger partial charge in [0.25, 0.3) is 5.91 Å². The Morgan fingerprint density at radius 3 is 2.57 bits per heavy atom. The molecule has 2 rings (SSSR count). The molecule has 0 spiro atoms. The van der Waals surface area contributed by atoms with Gasteiger partial charge in [0.2, 0.25) is 5.91 Å². The highest BCUT2D eigenvalue weighted by atomic mass is 16.5. The van der Waals surface area contributed by atoms with Crippen molar-refractivity contribution < 1.29 is 14.3 Å². The lowest BCUT2D eigenvalue weighted by atomic mass is 9.95. The van der Waals surface area contributed by atoms with Crippen molar-refractivity contribution in [1.29, 1.82) is 0 Å². The van der Waals surface area contributed by atoms with Gasteiger partial charge in [-0.25, -0.2) is 0 Å². The van der Waals surface area contributed by atoms with Crippen LogP contribution in [-0.4, -0.2) is 24.5 Å². The predicted molar refractivity (Wildman–Crippen MR) is 91.8 cm³/mol. The summed E-state index contributed by atoms with van der Waals surface area (Å²) in [5.41, 5.74) is 0.967. The molecule has 1 aromatic rings. The third kappa shape index (κ3) is 3.84. The number of anilines is 2. The van der Waals surface area contributed by atoms with Crippen molar-refractivity contribution in [2.24, 2.45) is 11.3 Å². The standard InChI is InChI=1S/C18H26N2O3/c1-11(2)10-20-14-8-7-13(19-17(22)18(4,5)6)9-15(14)23-12(3)16(20)21/h7-9,11-12H,10H2,1-6H3,(H,19,22). The number of hydrogen-bond donors (Lipinski definition) is 1.